The quantitative estimate of drug-likeness (QED) is 0.702. The second kappa shape index (κ2) is 10.2. The van der Waals surface area contributed by atoms with E-state index in [0.717, 1.165) is 12.0 Å². The number of ether oxygens (including phenoxy) is 2. The van der Waals surface area contributed by atoms with Crippen LogP contribution in [0.3, 0.4) is 0 Å². The van der Waals surface area contributed by atoms with Gasteiger partial charge in [-0.1, -0.05) is 50.2 Å². The molecule has 0 saturated heterocycles. The summed E-state index contributed by atoms with van der Waals surface area (Å²) in [5, 5.41) is 2.74. The van der Waals surface area contributed by atoms with Crippen LogP contribution in [-0.2, 0) is 16.0 Å². The van der Waals surface area contributed by atoms with Gasteiger partial charge >= 0.3 is 5.97 Å². The second-order valence-corrected chi connectivity index (χ2v) is 6.39. The summed E-state index contributed by atoms with van der Waals surface area (Å²) in [6, 6.07) is 16.6. The molecule has 5 nitrogen and oxygen atoms in total. The van der Waals surface area contributed by atoms with Crippen molar-refractivity contribution >= 4 is 11.9 Å². The van der Waals surface area contributed by atoms with E-state index in [0.29, 0.717) is 30.4 Å². The van der Waals surface area contributed by atoms with Gasteiger partial charge < -0.3 is 14.8 Å². The van der Waals surface area contributed by atoms with E-state index in [4.69, 9.17) is 9.47 Å². The smallest absolute Gasteiger partial charge is 0.338 e. The molecule has 2 aromatic carbocycles. The average Bonchev–Trinajstić information content (AvgIpc) is 2.65. The molecule has 1 amide bonds. The molecule has 0 atom stereocenters. The molecule has 0 heterocycles. The lowest BCUT2D eigenvalue weighted by atomic mass is 10.1. The summed E-state index contributed by atoms with van der Waals surface area (Å²) < 4.78 is 10.7. The molecule has 0 bridgehead atoms. The van der Waals surface area contributed by atoms with E-state index in [1.54, 1.807) is 24.3 Å². The van der Waals surface area contributed by atoms with Crippen LogP contribution in [-0.4, -0.2) is 31.6 Å². The Kier molecular flexibility index (Phi) is 7.68. The highest BCUT2D eigenvalue weighted by atomic mass is 16.5. The standard InChI is InChI=1S/C21H25NO4/c1-16(2)14-25-19-10-6-9-18(13-19)21(24)26-15-20(23)22-12-11-17-7-4-3-5-8-17/h3-10,13,16H,11-12,14-15H2,1-2H3,(H,22,23). The fraction of sp³-hybridized carbons (Fsp3) is 0.333. The summed E-state index contributed by atoms with van der Waals surface area (Å²) in [6.45, 7) is 4.87. The molecule has 2 aromatic rings. The molecule has 0 aliphatic carbocycles. The second-order valence-electron chi connectivity index (χ2n) is 6.39. The Bertz CT molecular complexity index is 713. The molecule has 1 N–H and O–H groups in total. The number of amides is 1. The third-order valence-corrected chi connectivity index (χ3v) is 3.57. The zero-order valence-electron chi connectivity index (χ0n) is 15.2. The number of hydrogen-bond acceptors (Lipinski definition) is 4. The van der Waals surface area contributed by atoms with Crippen molar-refractivity contribution in [1.82, 2.24) is 5.32 Å². The van der Waals surface area contributed by atoms with Crippen molar-refractivity contribution in [3.8, 4) is 5.75 Å². The van der Waals surface area contributed by atoms with Gasteiger partial charge in [-0.05, 0) is 36.1 Å². The van der Waals surface area contributed by atoms with E-state index in [1.807, 2.05) is 30.3 Å². The maximum absolute atomic E-state index is 12.1. The van der Waals surface area contributed by atoms with Gasteiger partial charge in [0.25, 0.3) is 5.91 Å². The monoisotopic (exact) mass is 355 g/mol. The SMILES string of the molecule is CC(C)COc1cccc(C(=O)OCC(=O)NCCc2ccccc2)c1. The molecule has 0 aliphatic rings. The predicted molar refractivity (Wildman–Crippen MR) is 100 cm³/mol. The molecular weight excluding hydrogens is 330 g/mol. The fourth-order valence-corrected chi connectivity index (χ4v) is 2.23. The summed E-state index contributed by atoms with van der Waals surface area (Å²) in [6.07, 6.45) is 0.732. The number of hydrogen-bond donors (Lipinski definition) is 1. The van der Waals surface area contributed by atoms with Crippen molar-refractivity contribution < 1.29 is 19.1 Å². The minimum atomic E-state index is -0.543. The van der Waals surface area contributed by atoms with Crippen LogP contribution in [0, 0.1) is 5.92 Å². The highest BCUT2D eigenvalue weighted by molar-refractivity contribution is 5.91. The largest absolute Gasteiger partial charge is 0.493 e. The lowest BCUT2D eigenvalue weighted by Crippen LogP contribution is -2.30. The van der Waals surface area contributed by atoms with Crippen molar-refractivity contribution in [2.24, 2.45) is 5.92 Å². The van der Waals surface area contributed by atoms with E-state index in [-0.39, 0.29) is 12.5 Å². The van der Waals surface area contributed by atoms with Crippen molar-refractivity contribution in [3.05, 3.63) is 65.7 Å². The Morgan fingerprint density at radius 2 is 1.81 bits per heavy atom. The van der Waals surface area contributed by atoms with Gasteiger partial charge in [0, 0.05) is 6.54 Å². The number of carbonyl (C=O) groups is 2. The summed E-state index contributed by atoms with van der Waals surface area (Å²) in [4.78, 5) is 23.9. The maximum Gasteiger partial charge on any atom is 0.338 e. The van der Waals surface area contributed by atoms with Gasteiger partial charge in [0.05, 0.1) is 12.2 Å². The zero-order chi connectivity index (χ0) is 18.8. The Hall–Kier alpha value is -2.82. The molecule has 26 heavy (non-hydrogen) atoms. The van der Waals surface area contributed by atoms with E-state index >= 15 is 0 Å². The maximum atomic E-state index is 12.1. The zero-order valence-corrected chi connectivity index (χ0v) is 15.2. The van der Waals surface area contributed by atoms with Crippen molar-refractivity contribution in [2.75, 3.05) is 19.8 Å². The summed E-state index contributed by atoms with van der Waals surface area (Å²) in [5.74, 6) is 0.144. The first-order chi connectivity index (χ1) is 12.5. The Labute approximate surface area is 154 Å². The van der Waals surface area contributed by atoms with E-state index in [1.165, 1.54) is 0 Å². The van der Waals surface area contributed by atoms with E-state index in [9.17, 15) is 9.59 Å². The normalized spacial score (nSPS) is 10.4. The predicted octanol–water partition coefficient (Wildman–Crippen LogP) is 3.24. The van der Waals surface area contributed by atoms with E-state index in [2.05, 4.69) is 19.2 Å². The van der Waals surface area contributed by atoms with Gasteiger partial charge in [-0.15, -0.1) is 0 Å². The Balaban J connectivity index is 1.73. The summed E-state index contributed by atoms with van der Waals surface area (Å²) >= 11 is 0. The minimum Gasteiger partial charge on any atom is -0.493 e. The number of nitrogens with one attached hydrogen (secondary N) is 1. The fourth-order valence-electron chi connectivity index (χ4n) is 2.23. The van der Waals surface area contributed by atoms with Crippen LogP contribution in [0.4, 0.5) is 0 Å². The molecule has 0 aliphatic heterocycles. The highest BCUT2D eigenvalue weighted by Crippen LogP contribution is 2.15. The molecule has 0 fully saturated rings. The number of esters is 1. The van der Waals surface area contributed by atoms with Crippen molar-refractivity contribution in [1.29, 1.82) is 0 Å². The summed E-state index contributed by atoms with van der Waals surface area (Å²) in [5.41, 5.74) is 1.51. The van der Waals surface area contributed by atoms with Crippen LogP contribution < -0.4 is 10.1 Å². The minimum absolute atomic E-state index is 0.301. The van der Waals surface area contributed by atoms with Crippen LogP contribution in [0.1, 0.15) is 29.8 Å². The first-order valence-electron chi connectivity index (χ1n) is 8.75. The van der Waals surface area contributed by atoms with Crippen LogP contribution in [0.25, 0.3) is 0 Å². The Morgan fingerprint density at radius 3 is 2.54 bits per heavy atom. The highest BCUT2D eigenvalue weighted by Gasteiger charge is 2.11. The van der Waals surface area contributed by atoms with Gasteiger partial charge in [0.1, 0.15) is 5.75 Å². The number of carbonyl (C=O) groups excluding carboxylic acids is 2. The lowest BCUT2D eigenvalue weighted by molar-refractivity contribution is -0.124. The third kappa shape index (κ3) is 6.97. The van der Waals surface area contributed by atoms with Gasteiger partial charge in [-0.2, -0.15) is 0 Å². The first kappa shape index (κ1) is 19.5. The Morgan fingerprint density at radius 1 is 1.04 bits per heavy atom. The summed E-state index contributed by atoms with van der Waals surface area (Å²) in [7, 11) is 0. The van der Waals surface area contributed by atoms with Crippen molar-refractivity contribution in [2.45, 2.75) is 20.3 Å². The van der Waals surface area contributed by atoms with Gasteiger partial charge in [-0.3, -0.25) is 4.79 Å². The molecule has 5 heteroatoms. The number of rotatable bonds is 9. The van der Waals surface area contributed by atoms with Crippen LogP contribution in [0.5, 0.6) is 5.75 Å². The topological polar surface area (TPSA) is 64.6 Å². The lowest BCUT2D eigenvalue weighted by Gasteiger charge is -2.10. The molecule has 0 radical (unpaired) electrons. The third-order valence-electron chi connectivity index (χ3n) is 3.57. The molecular formula is C21H25NO4. The number of benzene rings is 2. The molecule has 0 spiro atoms. The molecule has 138 valence electrons. The van der Waals surface area contributed by atoms with Crippen LogP contribution >= 0.6 is 0 Å². The van der Waals surface area contributed by atoms with Crippen molar-refractivity contribution in [3.63, 3.8) is 0 Å². The van der Waals surface area contributed by atoms with Gasteiger partial charge in [-0.25, -0.2) is 4.79 Å². The molecule has 0 unspecified atom stereocenters. The van der Waals surface area contributed by atoms with Gasteiger partial charge in [0.2, 0.25) is 0 Å². The molecule has 0 aromatic heterocycles. The molecule has 2 rings (SSSR count). The molecule has 0 saturated carbocycles. The van der Waals surface area contributed by atoms with Gasteiger partial charge in [0.15, 0.2) is 6.61 Å². The van der Waals surface area contributed by atoms with Crippen LogP contribution in [0.15, 0.2) is 54.6 Å². The average molecular weight is 355 g/mol. The van der Waals surface area contributed by atoms with E-state index < -0.39 is 5.97 Å². The first-order valence-corrected chi connectivity index (χ1v) is 8.75. The van der Waals surface area contributed by atoms with Crippen LogP contribution in [0.2, 0.25) is 0 Å².